The smallest absolute Gasteiger partial charge is 0.282 e. The van der Waals surface area contributed by atoms with Crippen molar-refractivity contribution in [2.24, 2.45) is 0 Å². The van der Waals surface area contributed by atoms with Crippen LogP contribution in [0, 0.1) is 11.8 Å². The van der Waals surface area contributed by atoms with E-state index in [1.165, 1.54) is 16.1 Å². The molecule has 0 radical (unpaired) electrons. The Bertz CT molecular complexity index is 1340. The Morgan fingerprint density at radius 1 is 1.18 bits per heavy atom. The number of likely N-dealkylation sites (N-methyl/N-ethyl adjacent to an activating group) is 1. The second kappa shape index (κ2) is 7.35. The van der Waals surface area contributed by atoms with Crippen LogP contribution in [0.4, 0.5) is 20.3 Å². The first-order valence-electron chi connectivity index (χ1n) is 10.3. The minimum absolute atomic E-state index is 0.150. The molecule has 2 saturated heterocycles. The number of likely N-dealkylation sites (tertiary alicyclic amines) is 1. The lowest BCUT2D eigenvalue weighted by atomic mass is 10.0. The van der Waals surface area contributed by atoms with Crippen molar-refractivity contribution in [1.29, 1.82) is 0 Å². The van der Waals surface area contributed by atoms with Gasteiger partial charge in [0.15, 0.2) is 5.82 Å². The molecule has 33 heavy (non-hydrogen) atoms. The number of nitrogens with zero attached hydrogens (tertiary/aromatic N) is 5. The number of hydrogen-bond donors (Lipinski definition) is 2. The van der Waals surface area contributed by atoms with Crippen molar-refractivity contribution >= 4 is 28.4 Å². The Morgan fingerprint density at radius 2 is 1.97 bits per heavy atom. The Hall–Kier alpha value is -3.84. The molecule has 4 heterocycles. The van der Waals surface area contributed by atoms with Crippen LogP contribution in [-0.2, 0) is 4.79 Å². The number of rotatable bonds is 2. The molecule has 168 valence electrons. The lowest BCUT2D eigenvalue weighted by Crippen LogP contribution is -2.56. The summed E-state index contributed by atoms with van der Waals surface area (Å²) in [4.78, 5) is 27.9. The predicted octanol–water partition coefficient (Wildman–Crippen LogP) is 1.67. The van der Waals surface area contributed by atoms with Crippen LogP contribution in [0.25, 0.3) is 22.3 Å². The van der Waals surface area contributed by atoms with Crippen LogP contribution in [0.5, 0.6) is 0 Å². The van der Waals surface area contributed by atoms with Crippen molar-refractivity contribution in [2.45, 2.75) is 17.9 Å². The molecule has 3 N–H and O–H groups in total. The van der Waals surface area contributed by atoms with Gasteiger partial charge in [-0.05, 0) is 18.2 Å². The van der Waals surface area contributed by atoms with Crippen LogP contribution < -0.4 is 10.6 Å². The zero-order valence-electron chi connectivity index (χ0n) is 17.7. The normalized spacial score (nSPS) is 21.6. The lowest BCUT2D eigenvalue weighted by Gasteiger charge is -2.40. The van der Waals surface area contributed by atoms with Crippen molar-refractivity contribution in [1.82, 2.24) is 19.9 Å². The summed E-state index contributed by atoms with van der Waals surface area (Å²) in [7, 11) is 1.62. The molecule has 8 nitrogen and oxygen atoms in total. The molecule has 2 aliphatic heterocycles. The number of aromatic nitrogens is 3. The summed E-state index contributed by atoms with van der Waals surface area (Å²) in [6.45, 7) is -0.392. The van der Waals surface area contributed by atoms with Crippen molar-refractivity contribution in [2.75, 3.05) is 37.3 Å². The number of amides is 1. The lowest BCUT2D eigenvalue weighted by molar-refractivity contribution is -0.137. The summed E-state index contributed by atoms with van der Waals surface area (Å²) >= 11 is 0. The van der Waals surface area contributed by atoms with Gasteiger partial charge in [0.05, 0.1) is 24.5 Å². The number of anilines is 2. The summed E-state index contributed by atoms with van der Waals surface area (Å²) in [6.07, 6.45) is 1.52. The predicted molar refractivity (Wildman–Crippen MR) is 118 cm³/mol. The third-order valence-electron chi connectivity index (χ3n) is 5.87. The summed E-state index contributed by atoms with van der Waals surface area (Å²) in [5.41, 5.74) is 7.27. The number of aliphatic hydroxyl groups is 1. The van der Waals surface area contributed by atoms with Crippen LogP contribution >= 0.6 is 0 Å². The number of nitrogens with two attached hydrogens (primary N) is 1. The molecule has 2 aromatic heterocycles. The van der Waals surface area contributed by atoms with Crippen molar-refractivity contribution in [3.63, 3.8) is 0 Å². The first kappa shape index (κ1) is 21.0. The van der Waals surface area contributed by atoms with E-state index in [1.807, 2.05) is 0 Å². The minimum atomic E-state index is -2.75. The molecule has 0 spiro atoms. The maximum Gasteiger partial charge on any atom is 0.282 e. The summed E-state index contributed by atoms with van der Waals surface area (Å²) in [6, 6.07) is 8.76. The van der Waals surface area contributed by atoms with Gasteiger partial charge < -0.3 is 20.6 Å². The Morgan fingerprint density at radius 3 is 2.67 bits per heavy atom. The number of carbonyl (C=O) groups excluding carboxylic acids is 1. The van der Waals surface area contributed by atoms with Crippen molar-refractivity contribution < 1.29 is 18.7 Å². The van der Waals surface area contributed by atoms with Gasteiger partial charge in [0.1, 0.15) is 17.4 Å². The molecule has 0 aliphatic carbocycles. The minimum Gasteiger partial charge on any atom is -0.382 e. The number of halogens is 2. The molecule has 0 bridgehead atoms. The Labute approximate surface area is 188 Å². The monoisotopic (exact) mass is 450 g/mol. The van der Waals surface area contributed by atoms with Crippen molar-refractivity contribution in [3.05, 3.63) is 42.2 Å². The Kier molecular flexibility index (Phi) is 4.68. The van der Waals surface area contributed by atoms with Crippen LogP contribution in [0.15, 0.2) is 36.7 Å². The second-order valence-corrected chi connectivity index (χ2v) is 8.36. The highest BCUT2D eigenvalue weighted by Gasteiger charge is 2.45. The molecule has 0 saturated carbocycles. The van der Waals surface area contributed by atoms with E-state index in [0.29, 0.717) is 40.1 Å². The fourth-order valence-corrected chi connectivity index (χ4v) is 4.01. The van der Waals surface area contributed by atoms with Gasteiger partial charge in [-0.15, -0.1) is 0 Å². The highest BCUT2D eigenvalue weighted by Crippen LogP contribution is 2.37. The largest absolute Gasteiger partial charge is 0.382 e. The quantitative estimate of drug-likeness (QED) is 0.572. The highest BCUT2D eigenvalue weighted by atomic mass is 19.3. The van der Waals surface area contributed by atoms with Gasteiger partial charge in [-0.25, -0.2) is 23.7 Å². The van der Waals surface area contributed by atoms with E-state index in [1.54, 1.807) is 37.4 Å². The zero-order chi connectivity index (χ0) is 23.4. The van der Waals surface area contributed by atoms with E-state index in [9.17, 15) is 18.7 Å². The molecule has 1 atom stereocenters. The maximum atomic E-state index is 13.5. The van der Waals surface area contributed by atoms with Gasteiger partial charge in [0.25, 0.3) is 11.8 Å². The average Bonchev–Trinajstić information content (AvgIpc) is 3.04. The van der Waals surface area contributed by atoms with Crippen LogP contribution in [0.2, 0.25) is 0 Å². The second-order valence-electron chi connectivity index (χ2n) is 8.36. The van der Waals surface area contributed by atoms with Gasteiger partial charge >= 0.3 is 0 Å². The standard InChI is InChI=1S/C23H20F2N6O2/c1-30-8-7-22(33,21(30)32)6-5-14-3-2-4-15(9-14)16-10-17(31-11-23(24,25)12-31)18-19(29-16)20(26)28-13-27-18/h2-4,9-10,13,33H,7-8,11-12H2,1H3,(H2,26,27,28)/t22-/m0/s1. The average molecular weight is 450 g/mol. The molecule has 3 aromatic rings. The number of hydrogen-bond acceptors (Lipinski definition) is 7. The first-order chi connectivity index (χ1) is 15.7. The molecule has 5 rings (SSSR count). The van der Waals surface area contributed by atoms with Crippen LogP contribution in [0.1, 0.15) is 12.0 Å². The van der Waals surface area contributed by atoms with Gasteiger partial charge in [-0.2, -0.15) is 0 Å². The molecule has 10 heteroatoms. The van der Waals surface area contributed by atoms with Gasteiger partial charge in [0, 0.05) is 31.1 Å². The van der Waals surface area contributed by atoms with Gasteiger partial charge in [-0.3, -0.25) is 4.79 Å². The number of fused-ring (bicyclic) bond motifs is 1. The van der Waals surface area contributed by atoms with E-state index in [0.717, 1.165) is 0 Å². The topological polar surface area (TPSA) is 108 Å². The number of carbonyl (C=O) groups is 1. The SMILES string of the molecule is CN1CC[C@@](O)(C#Cc2cccc(-c3cc(N4CC(F)(F)C4)c4ncnc(N)c4n3)c2)C1=O. The highest BCUT2D eigenvalue weighted by molar-refractivity contribution is 5.96. The van der Waals surface area contributed by atoms with E-state index in [4.69, 9.17) is 5.73 Å². The van der Waals surface area contributed by atoms with E-state index < -0.39 is 30.5 Å². The van der Waals surface area contributed by atoms with E-state index in [-0.39, 0.29) is 12.2 Å². The molecular weight excluding hydrogens is 430 g/mol. The summed E-state index contributed by atoms with van der Waals surface area (Å²) in [5.74, 6) is 2.54. The van der Waals surface area contributed by atoms with Gasteiger partial charge in [-0.1, -0.05) is 24.0 Å². The molecule has 2 fully saturated rings. The molecule has 1 aromatic carbocycles. The fraction of sp³-hybridized carbons (Fsp3) is 0.304. The van der Waals surface area contributed by atoms with E-state index in [2.05, 4.69) is 26.8 Å². The Balaban J connectivity index is 1.55. The number of benzene rings is 1. The van der Waals surface area contributed by atoms with E-state index >= 15 is 0 Å². The van der Waals surface area contributed by atoms with Crippen LogP contribution in [-0.4, -0.2) is 69.1 Å². The first-order valence-corrected chi connectivity index (χ1v) is 10.3. The number of nitrogen functional groups attached to an aromatic ring is 1. The van der Waals surface area contributed by atoms with Crippen LogP contribution in [0.3, 0.4) is 0 Å². The van der Waals surface area contributed by atoms with Crippen molar-refractivity contribution in [3.8, 4) is 23.1 Å². The van der Waals surface area contributed by atoms with Gasteiger partial charge in [0.2, 0.25) is 5.60 Å². The molecule has 0 unspecified atom stereocenters. The third-order valence-corrected chi connectivity index (χ3v) is 5.87. The fourth-order valence-electron chi connectivity index (χ4n) is 4.01. The maximum absolute atomic E-state index is 13.5. The number of alkyl halides is 2. The molecule has 1 amide bonds. The summed E-state index contributed by atoms with van der Waals surface area (Å²) < 4.78 is 27.1. The molecular formula is C23H20F2N6O2. The number of pyridine rings is 1. The molecule has 2 aliphatic rings. The summed E-state index contributed by atoms with van der Waals surface area (Å²) in [5, 5.41) is 10.5. The zero-order valence-corrected chi connectivity index (χ0v) is 17.7. The third kappa shape index (κ3) is 3.70.